The first-order chi connectivity index (χ1) is 18.6. The van der Waals surface area contributed by atoms with Crippen LogP contribution in [0.4, 0.5) is 0 Å². The van der Waals surface area contributed by atoms with Crippen molar-refractivity contribution in [3.63, 3.8) is 0 Å². The molecule has 0 aromatic carbocycles. The lowest BCUT2D eigenvalue weighted by molar-refractivity contribution is -0.152. The van der Waals surface area contributed by atoms with E-state index < -0.39 is 17.9 Å². The second-order valence-electron chi connectivity index (χ2n) is 11.1. The summed E-state index contributed by atoms with van der Waals surface area (Å²) in [5, 5.41) is 9.01. The Morgan fingerprint density at radius 2 is 1.05 bits per heavy atom. The third-order valence-corrected chi connectivity index (χ3v) is 7.41. The highest BCUT2D eigenvalue weighted by Gasteiger charge is 2.22. The van der Waals surface area contributed by atoms with Crippen LogP contribution in [0, 0.1) is 5.92 Å². The van der Waals surface area contributed by atoms with E-state index in [0.717, 1.165) is 25.7 Å². The van der Waals surface area contributed by atoms with Crippen LogP contribution in [0.5, 0.6) is 0 Å². The molecule has 0 heterocycles. The van der Waals surface area contributed by atoms with Crippen LogP contribution >= 0.6 is 0 Å². The predicted octanol–water partition coefficient (Wildman–Crippen LogP) is 10.7. The minimum atomic E-state index is -0.954. The van der Waals surface area contributed by atoms with Gasteiger partial charge in [-0.15, -0.1) is 0 Å². The second kappa shape index (κ2) is 30.0. The maximum atomic E-state index is 12.0. The van der Waals surface area contributed by atoms with Crippen molar-refractivity contribution in [3.05, 3.63) is 24.8 Å². The molecule has 0 saturated carbocycles. The Kier molecular flexibility index (Phi) is 28.7. The molecular weight excluding hydrogens is 472 g/mol. The highest BCUT2D eigenvalue weighted by atomic mass is 16.5. The molecule has 222 valence electrons. The summed E-state index contributed by atoms with van der Waals surface area (Å²) in [6.07, 6.45) is 37.2. The average Bonchev–Trinajstić information content (AvgIpc) is 2.90. The molecule has 4 nitrogen and oxygen atoms in total. The minimum Gasteiger partial charge on any atom is -0.481 e. The number of hydrogen-bond donors (Lipinski definition) is 1. The van der Waals surface area contributed by atoms with Gasteiger partial charge in [0.05, 0.1) is 12.3 Å². The molecule has 0 fully saturated rings. The number of ether oxygens (including phenoxy) is 1. The van der Waals surface area contributed by atoms with Crippen molar-refractivity contribution < 1.29 is 19.4 Å². The molecule has 0 bridgehead atoms. The van der Waals surface area contributed by atoms with Crippen LogP contribution in [-0.2, 0) is 14.3 Å². The third-order valence-electron chi connectivity index (χ3n) is 7.41. The van der Waals surface area contributed by atoms with Crippen molar-refractivity contribution in [2.24, 2.45) is 5.92 Å². The number of rotatable bonds is 30. The lowest BCUT2D eigenvalue weighted by atomic mass is 9.98. The standard InChI is InChI=1S/C34H62O4/c1-3-5-6-7-8-9-10-11-12-13-14-15-16-17-18-19-20-21-22-23-24-25-26-27-28-29-32(31-33(35)36)34(37)38-30-4-2/h4,24-25,32H,2-3,5-23,26-31H2,1H3,(H,35,36)/b25-24+. The normalized spacial score (nSPS) is 12.1. The van der Waals surface area contributed by atoms with E-state index in [1.165, 1.54) is 128 Å². The van der Waals surface area contributed by atoms with Crippen molar-refractivity contribution >= 4 is 11.9 Å². The Bertz CT molecular complexity index is 569. The van der Waals surface area contributed by atoms with Gasteiger partial charge in [0.1, 0.15) is 6.61 Å². The topological polar surface area (TPSA) is 63.6 Å². The number of carbonyl (C=O) groups excluding carboxylic acids is 1. The molecule has 0 aromatic heterocycles. The Morgan fingerprint density at radius 1 is 0.658 bits per heavy atom. The number of carboxylic acid groups (broad SMARTS) is 1. The van der Waals surface area contributed by atoms with Crippen LogP contribution in [0.15, 0.2) is 24.8 Å². The SMILES string of the molecule is C=CCOC(=O)C(CCCC/C=C/CCCCCCCCCCCCCCCCCCCCC)CC(=O)O. The molecule has 0 aliphatic heterocycles. The minimum absolute atomic E-state index is 0.136. The fraction of sp³-hybridized carbons (Fsp3) is 0.824. The van der Waals surface area contributed by atoms with Gasteiger partial charge in [0.25, 0.3) is 0 Å². The van der Waals surface area contributed by atoms with Crippen molar-refractivity contribution in [2.75, 3.05) is 6.61 Å². The highest BCUT2D eigenvalue weighted by molar-refractivity contribution is 5.79. The van der Waals surface area contributed by atoms with Crippen LogP contribution in [-0.4, -0.2) is 23.7 Å². The summed E-state index contributed by atoms with van der Waals surface area (Å²) in [6, 6.07) is 0. The maximum Gasteiger partial charge on any atom is 0.309 e. The predicted molar refractivity (Wildman–Crippen MR) is 163 cm³/mol. The zero-order valence-electron chi connectivity index (χ0n) is 25.1. The first-order valence-electron chi connectivity index (χ1n) is 16.3. The molecule has 0 amide bonds. The number of carboxylic acids is 1. The van der Waals surface area contributed by atoms with Gasteiger partial charge in [-0.25, -0.2) is 0 Å². The number of carbonyl (C=O) groups is 2. The molecule has 0 spiro atoms. The Balaban J connectivity index is 3.39. The summed E-state index contributed by atoms with van der Waals surface area (Å²) >= 11 is 0. The molecule has 0 aromatic rings. The van der Waals surface area contributed by atoms with Crippen molar-refractivity contribution in [1.82, 2.24) is 0 Å². The Morgan fingerprint density at radius 3 is 1.45 bits per heavy atom. The van der Waals surface area contributed by atoms with Gasteiger partial charge in [-0.2, -0.15) is 0 Å². The molecule has 1 atom stereocenters. The van der Waals surface area contributed by atoms with Crippen LogP contribution in [0.1, 0.15) is 167 Å². The summed E-state index contributed by atoms with van der Waals surface area (Å²) in [7, 11) is 0. The Hall–Kier alpha value is -1.58. The molecule has 1 N–H and O–H groups in total. The number of esters is 1. The highest BCUT2D eigenvalue weighted by Crippen LogP contribution is 2.17. The molecule has 0 saturated heterocycles. The van der Waals surface area contributed by atoms with Crippen LogP contribution in [0.3, 0.4) is 0 Å². The molecular formula is C34H62O4. The zero-order valence-corrected chi connectivity index (χ0v) is 25.1. The number of hydrogen-bond acceptors (Lipinski definition) is 3. The lowest BCUT2D eigenvalue weighted by Gasteiger charge is -2.13. The Labute approximate surface area is 236 Å². The lowest BCUT2D eigenvalue weighted by Crippen LogP contribution is -2.21. The van der Waals surface area contributed by atoms with Crippen molar-refractivity contribution in [1.29, 1.82) is 0 Å². The maximum absolute atomic E-state index is 12.0. The summed E-state index contributed by atoms with van der Waals surface area (Å²) in [5.41, 5.74) is 0. The molecule has 0 rings (SSSR count). The number of aliphatic carboxylic acids is 1. The first kappa shape index (κ1) is 36.4. The van der Waals surface area contributed by atoms with E-state index in [2.05, 4.69) is 25.7 Å². The van der Waals surface area contributed by atoms with Gasteiger partial charge in [-0.05, 0) is 32.1 Å². The largest absolute Gasteiger partial charge is 0.481 e. The van der Waals surface area contributed by atoms with E-state index in [1.54, 1.807) is 0 Å². The van der Waals surface area contributed by atoms with Gasteiger partial charge in [-0.3, -0.25) is 9.59 Å². The van der Waals surface area contributed by atoms with Gasteiger partial charge in [0.15, 0.2) is 0 Å². The zero-order chi connectivity index (χ0) is 27.9. The van der Waals surface area contributed by atoms with E-state index in [0.29, 0.717) is 6.42 Å². The van der Waals surface area contributed by atoms with Crippen LogP contribution in [0.2, 0.25) is 0 Å². The van der Waals surface area contributed by atoms with Gasteiger partial charge in [0.2, 0.25) is 0 Å². The van der Waals surface area contributed by atoms with Gasteiger partial charge < -0.3 is 9.84 Å². The average molecular weight is 535 g/mol. The monoisotopic (exact) mass is 534 g/mol. The molecule has 4 heteroatoms. The molecule has 38 heavy (non-hydrogen) atoms. The summed E-state index contributed by atoms with van der Waals surface area (Å²) in [6.45, 7) is 5.94. The third kappa shape index (κ3) is 27.5. The quantitative estimate of drug-likeness (QED) is 0.0565. The molecule has 1 unspecified atom stereocenters. The first-order valence-corrected chi connectivity index (χ1v) is 16.3. The van der Waals surface area contributed by atoms with E-state index in [4.69, 9.17) is 9.84 Å². The van der Waals surface area contributed by atoms with E-state index >= 15 is 0 Å². The second-order valence-corrected chi connectivity index (χ2v) is 11.1. The smallest absolute Gasteiger partial charge is 0.309 e. The summed E-state index contributed by atoms with van der Waals surface area (Å²) in [5.74, 6) is -1.93. The van der Waals surface area contributed by atoms with Crippen LogP contribution in [0.25, 0.3) is 0 Å². The molecule has 0 aliphatic carbocycles. The van der Waals surface area contributed by atoms with E-state index in [1.807, 2.05) is 0 Å². The summed E-state index contributed by atoms with van der Waals surface area (Å²) in [4.78, 5) is 22.9. The molecule has 0 radical (unpaired) electrons. The summed E-state index contributed by atoms with van der Waals surface area (Å²) < 4.78 is 5.03. The number of allylic oxidation sites excluding steroid dienone is 2. The van der Waals surface area contributed by atoms with Crippen molar-refractivity contribution in [3.8, 4) is 0 Å². The van der Waals surface area contributed by atoms with Gasteiger partial charge in [0, 0.05) is 0 Å². The fourth-order valence-electron chi connectivity index (χ4n) is 5.00. The fourth-order valence-corrected chi connectivity index (χ4v) is 5.00. The van der Waals surface area contributed by atoms with Gasteiger partial charge in [-0.1, -0.05) is 154 Å². The van der Waals surface area contributed by atoms with Crippen molar-refractivity contribution in [2.45, 2.75) is 167 Å². The molecule has 0 aliphatic rings. The number of unbranched alkanes of at least 4 members (excludes halogenated alkanes) is 21. The van der Waals surface area contributed by atoms with E-state index in [-0.39, 0.29) is 13.0 Å². The van der Waals surface area contributed by atoms with Crippen LogP contribution < -0.4 is 0 Å². The van der Waals surface area contributed by atoms with Gasteiger partial charge >= 0.3 is 11.9 Å². The van der Waals surface area contributed by atoms with E-state index in [9.17, 15) is 9.59 Å².